The van der Waals surface area contributed by atoms with Crippen LogP contribution in [0.3, 0.4) is 0 Å². The minimum absolute atomic E-state index is 0.220. The maximum Gasteiger partial charge on any atom is 0.231 e. The van der Waals surface area contributed by atoms with E-state index in [2.05, 4.69) is 61.5 Å². The molecule has 36 heavy (non-hydrogen) atoms. The van der Waals surface area contributed by atoms with E-state index in [1.54, 1.807) is 7.11 Å². The first-order valence-corrected chi connectivity index (χ1v) is 14.4. The second-order valence-electron chi connectivity index (χ2n) is 10.5. The minimum Gasteiger partial charge on any atom is -0.497 e. The fraction of sp³-hybridized carbons (Fsp3) is 0.594. The number of nitrogens with zero attached hydrogens (tertiary/aromatic N) is 2. The van der Waals surface area contributed by atoms with E-state index in [1.807, 2.05) is 10.6 Å². The number of carbonyl (C=O) groups excluding carboxylic acids is 1. The van der Waals surface area contributed by atoms with Gasteiger partial charge in [0.1, 0.15) is 5.75 Å². The van der Waals surface area contributed by atoms with Gasteiger partial charge >= 0.3 is 0 Å². The lowest BCUT2D eigenvalue weighted by Gasteiger charge is -2.28. The summed E-state index contributed by atoms with van der Waals surface area (Å²) in [5, 5.41) is 1.18. The molecule has 1 aliphatic heterocycles. The van der Waals surface area contributed by atoms with Crippen molar-refractivity contribution in [3.8, 4) is 5.75 Å². The molecule has 0 aliphatic carbocycles. The molecule has 3 rings (SSSR count). The highest BCUT2D eigenvalue weighted by molar-refractivity contribution is 5.95. The first-order valence-electron chi connectivity index (χ1n) is 14.4. The number of allylic oxidation sites excluding steroid dienone is 4. The summed E-state index contributed by atoms with van der Waals surface area (Å²) < 4.78 is 7.42. The van der Waals surface area contributed by atoms with Crippen LogP contribution in [0.2, 0.25) is 0 Å². The van der Waals surface area contributed by atoms with Gasteiger partial charge in [0.15, 0.2) is 0 Å². The highest BCUT2D eigenvalue weighted by Gasteiger charge is 2.24. The molecule has 0 N–H and O–H groups in total. The smallest absolute Gasteiger partial charge is 0.231 e. The molecule has 0 spiro atoms. The van der Waals surface area contributed by atoms with Crippen molar-refractivity contribution in [3.63, 3.8) is 0 Å². The van der Waals surface area contributed by atoms with E-state index in [9.17, 15) is 4.79 Å². The largest absolute Gasteiger partial charge is 0.497 e. The Labute approximate surface area is 219 Å². The monoisotopic (exact) mass is 492 g/mol. The van der Waals surface area contributed by atoms with Gasteiger partial charge in [-0.15, -0.1) is 0 Å². The molecule has 1 saturated heterocycles. The Bertz CT molecular complexity index is 979. The number of ether oxygens (including phenoxy) is 1. The second kappa shape index (κ2) is 15.7. The average molecular weight is 493 g/mol. The van der Waals surface area contributed by atoms with E-state index >= 15 is 0 Å². The third-order valence-electron chi connectivity index (χ3n) is 7.59. The van der Waals surface area contributed by atoms with Crippen LogP contribution in [0.5, 0.6) is 5.75 Å². The van der Waals surface area contributed by atoms with E-state index in [0.29, 0.717) is 12.3 Å². The van der Waals surface area contributed by atoms with Gasteiger partial charge in [0.05, 0.1) is 12.6 Å². The Balaban J connectivity index is 1.43. The third kappa shape index (κ3) is 8.65. The van der Waals surface area contributed by atoms with Crippen molar-refractivity contribution in [3.05, 3.63) is 54.3 Å². The molecule has 4 nitrogen and oxygen atoms in total. The molecule has 198 valence electrons. The first kappa shape index (κ1) is 28.2. The summed E-state index contributed by atoms with van der Waals surface area (Å²) in [6.07, 6.45) is 26.0. The van der Waals surface area contributed by atoms with Crippen LogP contribution in [0.4, 0.5) is 0 Å². The van der Waals surface area contributed by atoms with E-state index in [-0.39, 0.29) is 5.91 Å². The second-order valence-corrected chi connectivity index (χ2v) is 10.5. The fourth-order valence-electron chi connectivity index (χ4n) is 5.26. The van der Waals surface area contributed by atoms with Gasteiger partial charge in [-0.05, 0) is 94.8 Å². The molecule has 4 heteroatoms. The molecule has 2 aromatic rings. The van der Waals surface area contributed by atoms with Gasteiger partial charge in [0.2, 0.25) is 5.91 Å². The number of methoxy groups -OCH3 is 1. The zero-order valence-electron chi connectivity index (χ0n) is 23.0. The molecule has 0 bridgehead atoms. The standard InChI is InChI=1S/C32H48N2O2/c1-4-5-6-7-8-9-10-11-12-13-14-15-16-17-18-32(35)34-26-30(27-21-23-33(2)24-22-27)29-25-28(36-3)19-20-31(29)34/h8-11,19-20,25-27H,4-7,12-18,21-24H2,1-3H3/b9-8-,11-10-. The van der Waals surface area contributed by atoms with Gasteiger partial charge < -0.3 is 9.64 Å². The molecule has 0 unspecified atom stereocenters. The van der Waals surface area contributed by atoms with Crippen molar-refractivity contribution < 1.29 is 9.53 Å². The zero-order valence-corrected chi connectivity index (χ0v) is 23.0. The first-order chi connectivity index (χ1) is 17.6. The number of carbonyl (C=O) groups is 1. The highest BCUT2D eigenvalue weighted by atomic mass is 16.5. The lowest BCUT2D eigenvalue weighted by molar-refractivity contribution is 0.0904. The summed E-state index contributed by atoms with van der Waals surface area (Å²) in [6.45, 7) is 4.47. The van der Waals surface area contributed by atoms with Crippen molar-refractivity contribution >= 4 is 16.8 Å². The number of rotatable bonds is 15. The third-order valence-corrected chi connectivity index (χ3v) is 7.59. The van der Waals surface area contributed by atoms with E-state index in [1.165, 1.54) is 55.9 Å². The van der Waals surface area contributed by atoms with Crippen LogP contribution >= 0.6 is 0 Å². The number of benzene rings is 1. The van der Waals surface area contributed by atoms with Gasteiger partial charge in [-0.1, -0.05) is 63.3 Å². The molecule has 1 aromatic heterocycles. The Hall–Kier alpha value is -2.33. The number of likely N-dealkylation sites (tertiary alicyclic amines) is 1. The summed E-state index contributed by atoms with van der Waals surface area (Å²) in [7, 11) is 3.90. The SMILES string of the molecule is CCCCC/C=C\C=C/CCCCCCCC(=O)n1cc(C2CCN(C)CC2)c2cc(OC)ccc21. The van der Waals surface area contributed by atoms with Crippen LogP contribution in [-0.2, 0) is 0 Å². The molecule has 0 saturated carbocycles. The number of hydrogen-bond acceptors (Lipinski definition) is 3. The molecule has 0 amide bonds. The van der Waals surface area contributed by atoms with Crippen molar-refractivity contribution in [2.75, 3.05) is 27.2 Å². The maximum absolute atomic E-state index is 13.2. The van der Waals surface area contributed by atoms with Crippen LogP contribution in [0.1, 0.15) is 107 Å². The van der Waals surface area contributed by atoms with E-state index in [0.717, 1.165) is 56.5 Å². The van der Waals surface area contributed by atoms with Crippen LogP contribution < -0.4 is 4.74 Å². The average Bonchev–Trinajstić information content (AvgIpc) is 3.28. The maximum atomic E-state index is 13.2. The Morgan fingerprint density at radius 1 is 0.972 bits per heavy atom. The lowest BCUT2D eigenvalue weighted by Crippen LogP contribution is -2.29. The van der Waals surface area contributed by atoms with Crippen molar-refractivity contribution in [2.45, 2.75) is 96.3 Å². The summed E-state index contributed by atoms with van der Waals surface area (Å²) in [5.74, 6) is 1.59. The predicted molar refractivity (Wildman–Crippen MR) is 153 cm³/mol. The summed E-state index contributed by atoms with van der Waals surface area (Å²) in [6, 6.07) is 6.14. The van der Waals surface area contributed by atoms with Gasteiger partial charge in [0, 0.05) is 18.0 Å². The Morgan fingerprint density at radius 3 is 2.33 bits per heavy atom. The van der Waals surface area contributed by atoms with Crippen LogP contribution in [0.25, 0.3) is 10.9 Å². The van der Waals surface area contributed by atoms with Crippen LogP contribution in [0.15, 0.2) is 48.7 Å². The van der Waals surface area contributed by atoms with E-state index < -0.39 is 0 Å². The molecular weight excluding hydrogens is 444 g/mol. The number of piperidine rings is 1. The summed E-state index contributed by atoms with van der Waals surface area (Å²) in [5.41, 5.74) is 2.34. The quantitative estimate of drug-likeness (QED) is 0.185. The molecule has 0 atom stereocenters. The van der Waals surface area contributed by atoms with Crippen molar-refractivity contribution in [2.24, 2.45) is 0 Å². The lowest BCUT2D eigenvalue weighted by atomic mass is 9.89. The number of hydrogen-bond donors (Lipinski definition) is 0. The van der Waals surface area contributed by atoms with Crippen LogP contribution in [0, 0.1) is 0 Å². The highest BCUT2D eigenvalue weighted by Crippen LogP contribution is 2.36. The topological polar surface area (TPSA) is 34.5 Å². The van der Waals surface area contributed by atoms with E-state index in [4.69, 9.17) is 4.74 Å². The number of unbranched alkanes of at least 4 members (excludes halogenated alkanes) is 8. The molecule has 1 aromatic carbocycles. The number of fused-ring (bicyclic) bond motifs is 1. The summed E-state index contributed by atoms with van der Waals surface area (Å²) >= 11 is 0. The predicted octanol–water partition coefficient (Wildman–Crippen LogP) is 8.52. The van der Waals surface area contributed by atoms with Gasteiger partial charge in [-0.2, -0.15) is 0 Å². The van der Waals surface area contributed by atoms with Gasteiger partial charge in [-0.3, -0.25) is 9.36 Å². The van der Waals surface area contributed by atoms with Gasteiger partial charge in [0.25, 0.3) is 0 Å². The van der Waals surface area contributed by atoms with Crippen molar-refractivity contribution in [1.29, 1.82) is 0 Å². The minimum atomic E-state index is 0.220. The molecule has 1 aliphatic rings. The fourth-order valence-corrected chi connectivity index (χ4v) is 5.26. The van der Waals surface area contributed by atoms with Crippen molar-refractivity contribution in [1.82, 2.24) is 9.47 Å². The molecule has 2 heterocycles. The Morgan fingerprint density at radius 2 is 1.64 bits per heavy atom. The molecular formula is C32H48N2O2. The molecule has 0 radical (unpaired) electrons. The van der Waals surface area contributed by atoms with Gasteiger partial charge in [-0.25, -0.2) is 0 Å². The van der Waals surface area contributed by atoms with Crippen LogP contribution in [-0.4, -0.2) is 42.6 Å². The zero-order chi connectivity index (χ0) is 25.6. The molecule has 1 fully saturated rings. The Kier molecular flexibility index (Phi) is 12.3. The number of aromatic nitrogens is 1. The normalized spacial score (nSPS) is 15.5. The summed E-state index contributed by atoms with van der Waals surface area (Å²) in [4.78, 5) is 15.6.